The lowest BCUT2D eigenvalue weighted by molar-refractivity contribution is -0.137. The summed E-state index contributed by atoms with van der Waals surface area (Å²) in [6, 6.07) is 5.45. The fourth-order valence-electron chi connectivity index (χ4n) is 1.83. The van der Waals surface area contributed by atoms with Crippen LogP contribution in [0.2, 0.25) is 0 Å². The molecule has 1 unspecified atom stereocenters. The SMILES string of the molecule is FC(F)(F)c1ccc(C2C=CCC2)cc1. The van der Waals surface area contributed by atoms with Gasteiger partial charge in [0.2, 0.25) is 0 Å². The molecule has 80 valence electrons. The number of hydrogen-bond donors (Lipinski definition) is 0. The number of allylic oxidation sites excluding steroid dienone is 2. The zero-order valence-corrected chi connectivity index (χ0v) is 8.09. The van der Waals surface area contributed by atoms with Crippen LogP contribution in [0.3, 0.4) is 0 Å². The van der Waals surface area contributed by atoms with Crippen LogP contribution >= 0.6 is 0 Å². The topological polar surface area (TPSA) is 0 Å². The molecule has 3 heteroatoms. The van der Waals surface area contributed by atoms with Gasteiger partial charge >= 0.3 is 6.18 Å². The van der Waals surface area contributed by atoms with Crippen LogP contribution in [-0.4, -0.2) is 0 Å². The number of halogens is 3. The fourth-order valence-corrected chi connectivity index (χ4v) is 1.83. The Morgan fingerprint density at radius 3 is 2.20 bits per heavy atom. The van der Waals surface area contributed by atoms with Crippen LogP contribution in [0.5, 0.6) is 0 Å². The van der Waals surface area contributed by atoms with Gasteiger partial charge < -0.3 is 0 Å². The smallest absolute Gasteiger partial charge is 0.166 e. The Labute approximate surface area is 86.4 Å². The second kappa shape index (κ2) is 3.72. The number of benzene rings is 1. The molecule has 1 atom stereocenters. The maximum atomic E-state index is 12.3. The molecule has 0 saturated carbocycles. The first-order chi connectivity index (χ1) is 7.07. The fraction of sp³-hybridized carbons (Fsp3) is 0.333. The lowest BCUT2D eigenvalue weighted by Crippen LogP contribution is -2.04. The van der Waals surface area contributed by atoms with Gasteiger partial charge in [-0.25, -0.2) is 0 Å². The van der Waals surface area contributed by atoms with Crippen LogP contribution in [0, 0.1) is 0 Å². The van der Waals surface area contributed by atoms with Gasteiger partial charge in [0.15, 0.2) is 0 Å². The van der Waals surface area contributed by atoms with E-state index in [1.54, 1.807) is 12.1 Å². The molecule has 1 aliphatic carbocycles. The number of hydrogen-bond acceptors (Lipinski definition) is 0. The summed E-state index contributed by atoms with van der Waals surface area (Å²) in [5, 5.41) is 0. The van der Waals surface area contributed by atoms with Gasteiger partial charge in [-0.05, 0) is 30.5 Å². The Morgan fingerprint density at radius 2 is 1.73 bits per heavy atom. The molecule has 0 fully saturated rings. The van der Waals surface area contributed by atoms with Crippen LogP contribution < -0.4 is 0 Å². The van der Waals surface area contributed by atoms with Gasteiger partial charge in [-0.3, -0.25) is 0 Å². The molecule has 0 radical (unpaired) electrons. The standard InChI is InChI=1S/C12H11F3/c13-12(14,15)11-7-5-10(6-8-11)9-3-1-2-4-9/h1,3,5-9H,2,4H2. The normalized spacial score (nSPS) is 20.9. The molecular weight excluding hydrogens is 201 g/mol. The summed E-state index contributed by atoms with van der Waals surface area (Å²) in [7, 11) is 0. The summed E-state index contributed by atoms with van der Waals surface area (Å²) < 4.78 is 36.8. The van der Waals surface area contributed by atoms with Crippen molar-refractivity contribution in [1.29, 1.82) is 0 Å². The quantitative estimate of drug-likeness (QED) is 0.614. The molecule has 0 spiro atoms. The van der Waals surface area contributed by atoms with Gasteiger partial charge in [0.1, 0.15) is 0 Å². The molecule has 2 rings (SSSR count). The Balaban J connectivity index is 2.20. The van der Waals surface area contributed by atoms with E-state index in [1.165, 1.54) is 0 Å². The van der Waals surface area contributed by atoms with E-state index in [0.717, 1.165) is 30.5 Å². The Hall–Kier alpha value is -1.25. The van der Waals surface area contributed by atoms with E-state index < -0.39 is 11.7 Å². The minimum atomic E-state index is -4.23. The molecule has 0 nitrogen and oxygen atoms in total. The van der Waals surface area contributed by atoms with Crippen LogP contribution in [0.15, 0.2) is 36.4 Å². The second-order valence-corrected chi connectivity index (χ2v) is 3.73. The van der Waals surface area contributed by atoms with Crippen LogP contribution in [0.4, 0.5) is 13.2 Å². The minimum absolute atomic E-state index is 0.298. The van der Waals surface area contributed by atoms with Crippen LogP contribution in [-0.2, 0) is 6.18 Å². The average Bonchev–Trinajstić information content (AvgIpc) is 2.69. The van der Waals surface area contributed by atoms with E-state index in [2.05, 4.69) is 12.2 Å². The zero-order valence-electron chi connectivity index (χ0n) is 8.09. The zero-order chi connectivity index (χ0) is 10.9. The molecule has 1 aromatic carbocycles. The first kappa shape index (κ1) is 10.3. The molecule has 0 N–H and O–H groups in total. The van der Waals surface area contributed by atoms with Gasteiger partial charge in [0.05, 0.1) is 5.56 Å². The third-order valence-electron chi connectivity index (χ3n) is 2.68. The molecule has 0 aromatic heterocycles. The first-order valence-electron chi connectivity index (χ1n) is 4.91. The highest BCUT2D eigenvalue weighted by Crippen LogP contribution is 2.32. The maximum Gasteiger partial charge on any atom is 0.416 e. The summed E-state index contributed by atoms with van der Waals surface area (Å²) in [5.74, 6) is 0.298. The van der Waals surface area contributed by atoms with E-state index in [-0.39, 0.29) is 0 Å². The molecule has 0 heterocycles. The van der Waals surface area contributed by atoms with Gasteiger partial charge in [0, 0.05) is 5.92 Å². The molecule has 15 heavy (non-hydrogen) atoms. The largest absolute Gasteiger partial charge is 0.416 e. The Bertz CT molecular complexity index is 359. The van der Waals surface area contributed by atoms with Crippen molar-refractivity contribution in [2.24, 2.45) is 0 Å². The molecular formula is C12H11F3. The first-order valence-corrected chi connectivity index (χ1v) is 4.91. The van der Waals surface area contributed by atoms with E-state index in [0.29, 0.717) is 5.92 Å². The molecule has 1 aromatic rings. The molecule has 0 bridgehead atoms. The van der Waals surface area contributed by atoms with Crippen molar-refractivity contribution in [2.75, 3.05) is 0 Å². The van der Waals surface area contributed by atoms with E-state index in [1.807, 2.05) is 0 Å². The third kappa shape index (κ3) is 2.22. The lowest BCUT2D eigenvalue weighted by Gasteiger charge is -2.10. The van der Waals surface area contributed by atoms with Crippen molar-refractivity contribution in [3.05, 3.63) is 47.5 Å². The third-order valence-corrected chi connectivity index (χ3v) is 2.68. The summed E-state index contributed by atoms with van der Waals surface area (Å²) in [6.45, 7) is 0. The summed E-state index contributed by atoms with van der Waals surface area (Å²) in [4.78, 5) is 0. The lowest BCUT2D eigenvalue weighted by atomic mass is 9.97. The van der Waals surface area contributed by atoms with Crippen LogP contribution in [0.25, 0.3) is 0 Å². The van der Waals surface area contributed by atoms with Crippen LogP contribution in [0.1, 0.15) is 29.9 Å². The maximum absolute atomic E-state index is 12.3. The number of rotatable bonds is 1. The summed E-state index contributed by atoms with van der Waals surface area (Å²) in [6.07, 6.45) is 1.92. The van der Waals surface area contributed by atoms with Gasteiger partial charge in [0.25, 0.3) is 0 Å². The predicted molar refractivity (Wildman–Crippen MR) is 52.6 cm³/mol. The Morgan fingerprint density at radius 1 is 1.07 bits per heavy atom. The van der Waals surface area contributed by atoms with Crippen molar-refractivity contribution in [2.45, 2.75) is 24.9 Å². The van der Waals surface area contributed by atoms with Crippen molar-refractivity contribution in [1.82, 2.24) is 0 Å². The van der Waals surface area contributed by atoms with Crippen molar-refractivity contribution in [3.8, 4) is 0 Å². The van der Waals surface area contributed by atoms with Crippen molar-refractivity contribution >= 4 is 0 Å². The van der Waals surface area contributed by atoms with Crippen molar-refractivity contribution in [3.63, 3.8) is 0 Å². The monoisotopic (exact) mass is 212 g/mol. The van der Waals surface area contributed by atoms with Gasteiger partial charge in [-0.2, -0.15) is 13.2 Å². The minimum Gasteiger partial charge on any atom is -0.166 e. The highest BCUT2D eigenvalue weighted by Gasteiger charge is 2.30. The van der Waals surface area contributed by atoms with E-state index in [4.69, 9.17) is 0 Å². The molecule has 0 aliphatic heterocycles. The Kier molecular flexibility index (Phi) is 2.55. The highest BCUT2D eigenvalue weighted by molar-refractivity contribution is 5.30. The van der Waals surface area contributed by atoms with E-state index >= 15 is 0 Å². The highest BCUT2D eigenvalue weighted by atomic mass is 19.4. The summed E-state index contributed by atoms with van der Waals surface area (Å²) in [5.41, 5.74) is 0.393. The average molecular weight is 212 g/mol. The molecule has 1 aliphatic rings. The van der Waals surface area contributed by atoms with Gasteiger partial charge in [-0.1, -0.05) is 24.3 Å². The van der Waals surface area contributed by atoms with E-state index in [9.17, 15) is 13.2 Å². The molecule has 0 amide bonds. The van der Waals surface area contributed by atoms with Gasteiger partial charge in [-0.15, -0.1) is 0 Å². The predicted octanol–water partition coefficient (Wildman–Crippen LogP) is 4.14. The summed E-state index contributed by atoms with van der Waals surface area (Å²) >= 11 is 0. The second-order valence-electron chi connectivity index (χ2n) is 3.73. The van der Waals surface area contributed by atoms with Crippen molar-refractivity contribution < 1.29 is 13.2 Å². The number of alkyl halides is 3. The molecule has 0 saturated heterocycles.